The van der Waals surface area contributed by atoms with E-state index in [0.29, 0.717) is 0 Å². The molecular weight excluding hydrogens is 444 g/mol. The molecular formula is C29H36O4S. The van der Waals surface area contributed by atoms with Crippen molar-refractivity contribution in [3.63, 3.8) is 0 Å². The number of hydrogen-bond donors (Lipinski definition) is 0. The normalized spacial score (nSPS) is 11.4. The second kappa shape index (κ2) is 12.0. The fourth-order valence-corrected chi connectivity index (χ4v) is 5.02. The first-order chi connectivity index (χ1) is 15.9. The van der Waals surface area contributed by atoms with Crippen LogP contribution in [0.3, 0.4) is 0 Å². The molecule has 0 aliphatic rings. The first kappa shape index (κ1) is 27.3. The number of carbonyl (C=O) groups excluding carboxylic acids is 1. The Morgan fingerprint density at radius 2 is 1.00 bits per heavy atom. The number of hydrogen-bond acceptors (Lipinski definition) is 4. The van der Waals surface area contributed by atoms with E-state index in [4.69, 9.17) is 9.47 Å². The Balaban J connectivity index is 0.000000739. The highest BCUT2D eigenvalue weighted by Gasteiger charge is 2.29. The number of benzene rings is 3. The lowest BCUT2D eigenvalue weighted by Gasteiger charge is -2.21. The minimum Gasteiger partial charge on any atom is -0.550 e. The van der Waals surface area contributed by atoms with Crippen molar-refractivity contribution in [2.24, 2.45) is 0 Å². The van der Waals surface area contributed by atoms with E-state index in [2.05, 4.69) is 120 Å². The molecule has 4 nitrogen and oxygen atoms in total. The lowest BCUT2D eigenvalue weighted by molar-refractivity contribution is -0.305. The summed E-state index contributed by atoms with van der Waals surface area (Å²) in [6.45, 7) is 13.9. The summed E-state index contributed by atoms with van der Waals surface area (Å²) in [5, 5.41) is 9.26. The summed E-state index contributed by atoms with van der Waals surface area (Å²) in [5.41, 5.74) is -0.406. The molecule has 0 N–H and O–H groups in total. The van der Waals surface area contributed by atoms with Crippen molar-refractivity contribution in [2.45, 2.75) is 80.8 Å². The molecule has 3 rings (SSSR count). The SMILES string of the molecule is CC(C)(C)Oc1ccc([S+](c2ccccc2)c2ccc(OC(C)(C)C)cc2)cc1.CCC(=O)[O-]. The maximum absolute atomic E-state index is 9.26. The average Bonchev–Trinajstić information content (AvgIpc) is 2.75. The summed E-state index contributed by atoms with van der Waals surface area (Å²) in [5.74, 6) is 0.795. The maximum atomic E-state index is 9.26. The monoisotopic (exact) mass is 480 g/mol. The Morgan fingerprint density at radius 1 is 0.676 bits per heavy atom. The van der Waals surface area contributed by atoms with Gasteiger partial charge in [0.2, 0.25) is 0 Å². The molecule has 0 fully saturated rings. The van der Waals surface area contributed by atoms with Crippen LogP contribution in [0.25, 0.3) is 0 Å². The van der Waals surface area contributed by atoms with Gasteiger partial charge in [0.05, 0.1) is 10.9 Å². The van der Waals surface area contributed by atoms with Gasteiger partial charge in [0.15, 0.2) is 14.7 Å². The van der Waals surface area contributed by atoms with E-state index in [1.54, 1.807) is 0 Å². The van der Waals surface area contributed by atoms with Crippen molar-refractivity contribution in [3.8, 4) is 11.5 Å². The molecule has 3 aromatic carbocycles. The van der Waals surface area contributed by atoms with Gasteiger partial charge < -0.3 is 19.4 Å². The van der Waals surface area contributed by atoms with Crippen LogP contribution in [0.15, 0.2) is 93.5 Å². The van der Waals surface area contributed by atoms with Crippen molar-refractivity contribution < 1.29 is 19.4 Å². The van der Waals surface area contributed by atoms with Crippen LogP contribution in [0.4, 0.5) is 0 Å². The van der Waals surface area contributed by atoms with Crippen LogP contribution in [0.2, 0.25) is 0 Å². The molecule has 0 saturated carbocycles. The van der Waals surface area contributed by atoms with Gasteiger partial charge in [-0.3, -0.25) is 0 Å². The molecule has 182 valence electrons. The summed E-state index contributed by atoms with van der Waals surface area (Å²) in [7, 11) is -0.189. The summed E-state index contributed by atoms with van der Waals surface area (Å²) >= 11 is 0. The third kappa shape index (κ3) is 9.52. The molecule has 0 aliphatic carbocycles. The number of carboxylic acid groups (broad SMARTS) is 1. The minimum absolute atomic E-state index is 0.111. The van der Waals surface area contributed by atoms with Crippen LogP contribution in [-0.4, -0.2) is 17.2 Å². The number of aliphatic carboxylic acids is 1. The highest BCUT2D eigenvalue weighted by Crippen LogP contribution is 2.33. The molecule has 3 aromatic rings. The van der Waals surface area contributed by atoms with Crippen LogP contribution < -0.4 is 14.6 Å². The van der Waals surface area contributed by atoms with E-state index in [1.807, 2.05) is 0 Å². The molecule has 0 unspecified atom stereocenters. The summed E-state index contributed by atoms with van der Waals surface area (Å²) in [4.78, 5) is 13.1. The first-order valence-corrected chi connectivity index (χ1v) is 12.7. The minimum atomic E-state index is -0.995. The fourth-order valence-electron chi connectivity index (χ4n) is 2.96. The van der Waals surface area contributed by atoms with Crippen molar-refractivity contribution in [3.05, 3.63) is 78.9 Å². The molecule has 0 atom stereocenters. The van der Waals surface area contributed by atoms with Gasteiger partial charge in [-0.25, -0.2) is 0 Å². The van der Waals surface area contributed by atoms with Gasteiger partial charge in [0, 0.05) is 5.97 Å². The Hall–Kier alpha value is -2.92. The number of rotatable bonds is 6. The molecule has 34 heavy (non-hydrogen) atoms. The zero-order valence-electron chi connectivity index (χ0n) is 21.3. The topological polar surface area (TPSA) is 58.6 Å². The van der Waals surface area contributed by atoms with Gasteiger partial charge in [0.1, 0.15) is 22.7 Å². The Labute approximate surface area is 207 Å². The first-order valence-electron chi connectivity index (χ1n) is 11.5. The van der Waals surface area contributed by atoms with Crippen molar-refractivity contribution in [1.29, 1.82) is 0 Å². The van der Waals surface area contributed by atoms with Crippen molar-refractivity contribution in [1.82, 2.24) is 0 Å². The number of ether oxygens (including phenoxy) is 2. The Kier molecular flexibility index (Phi) is 9.63. The van der Waals surface area contributed by atoms with E-state index >= 15 is 0 Å². The lowest BCUT2D eigenvalue weighted by Crippen LogP contribution is -2.23. The van der Waals surface area contributed by atoms with E-state index in [9.17, 15) is 9.90 Å². The highest BCUT2D eigenvalue weighted by atomic mass is 32.2. The standard InChI is InChI=1S/C26H31O2S.C3H6O2/c1-25(2,3)27-20-12-16-23(17-13-20)29(22-10-8-7-9-11-22)24-18-14-21(15-19-24)28-26(4,5)6;1-2-3(4)5/h7-19H,1-6H3;2H2,1H3,(H,4,5)/q+1;/p-1. The lowest BCUT2D eigenvalue weighted by atomic mass is 10.2. The molecule has 0 aliphatic heterocycles. The maximum Gasteiger partial charge on any atom is 0.166 e. The molecule has 5 heteroatoms. The van der Waals surface area contributed by atoms with Crippen LogP contribution in [-0.2, 0) is 15.7 Å². The molecule has 0 heterocycles. The Bertz CT molecular complexity index is 955. The molecule has 0 aromatic heterocycles. The number of carbonyl (C=O) groups is 1. The molecule has 0 amide bonds. The largest absolute Gasteiger partial charge is 0.550 e. The van der Waals surface area contributed by atoms with E-state index < -0.39 is 5.97 Å². The summed E-state index contributed by atoms with van der Waals surface area (Å²) < 4.78 is 12.0. The second-order valence-electron chi connectivity index (χ2n) is 9.72. The van der Waals surface area contributed by atoms with Gasteiger partial charge >= 0.3 is 0 Å². The van der Waals surface area contributed by atoms with E-state index in [0.717, 1.165) is 11.5 Å². The highest BCUT2D eigenvalue weighted by molar-refractivity contribution is 7.97. The van der Waals surface area contributed by atoms with Gasteiger partial charge in [-0.05, 0) is 109 Å². The summed E-state index contributed by atoms with van der Waals surface area (Å²) in [6.07, 6.45) is 0.111. The Morgan fingerprint density at radius 3 is 1.29 bits per heavy atom. The van der Waals surface area contributed by atoms with Crippen molar-refractivity contribution >= 4 is 16.9 Å². The summed E-state index contributed by atoms with van der Waals surface area (Å²) in [6, 6.07) is 27.6. The van der Waals surface area contributed by atoms with Gasteiger partial charge in [-0.1, -0.05) is 25.1 Å². The molecule has 0 spiro atoms. The molecule has 0 radical (unpaired) electrons. The van der Waals surface area contributed by atoms with Gasteiger partial charge in [0.25, 0.3) is 0 Å². The van der Waals surface area contributed by atoms with Crippen molar-refractivity contribution in [2.75, 3.05) is 0 Å². The third-order valence-corrected chi connectivity index (χ3v) is 6.47. The van der Waals surface area contributed by atoms with E-state index in [1.165, 1.54) is 21.6 Å². The fraction of sp³-hybridized carbons (Fsp3) is 0.345. The van der Waals surface area contributed by atoms with Crippen LogP contribution in [0, 0.1) is 0 Å². The molecule has 0 saturated heterocycles. The van der Waals surface area contributed by atoms with Gasteiger partial charge in [-0.15, -0.1) is 0 Å². The average molecular weight is 481 g/mol. The zero-order chi connectivity index (χ0) is 25.4. The zero-order valence-corrected chi connectivity index (χ0v) is 22.1. The smallest absolute Gasteiger partial charge is 0.166 e. The second-order valence-corrected chi connectivity index (χ2v) is 11.7. The van der Waals surface area contributed by atoms with Crippen LogP contribution in [0.1, 0.15) is 54.9 Å². The van der Waals surface area contributed by atoms with E-state index in [-0.39, 0.29) is 28.5 Å². The quantitative estimate of drug-likeness (QED) is 0.390. The third-order valence-electron chi connectivity index (χ3n) is 4.23. The predicted octanol–water partition coefficient (Wildman–Crippen LogP) is 6.28. The van der Waals surface area contributed by atoms with Crippen LogP contribution >= 0.6 is 0 Å². The molecule has 0 bridgehead atoms. The van der Waals surface area contributed by atoms with Crippen LogP contribution in [0.5, 0.6) is 11.5 Å². The predicted molar refractivity (Wildman–Crippen MR) is 138 cm³/mol. The number of carboxylic acids is 1. The van der Waals surface area contributed by atoms with Gasteiger partial charge in [-0.2, -0.15) is 0 Å².